The molecule has 0 unspecified atom stereocenters. The number of amides is 1. The highest BCUT2D eigenvalue weighted by atomic mass is 35.5. The fourth-order valence-corrected chi connectivity index (χ4v) is 1.49. The smallest absolute Gasteiger partial charge is 0.273 e. The van der Waals surface area contributed by atoms with E-state index in [1.807, 2.05) is 13.8 Å². The van der Waals surface area contributed by atoms with Gasteiger partial charge in [0.15, 0.2) is 5.69 Å². The van der Waals surface area contributed by atoms with Crippen molar-refractivity contribution in [2.24, 2.45) is 5.73 Å². The summed E-state index contributed by atoms with van der Waals surface area (Å²) < 4.78 is 12.8. The van der Waals surface area contributed by atoms with Gasteiger partial charge in [-0.3, -0.25) is 4.79 Å². The number of nitrogens with zero attached hydrogens (tertiary/aromatic N) is 3. The molecule has 0 spiro atoms. The van der Waals surface area contributed by atoms with E-state index >= 15 is 0 Å². The van der Waals surface area contributed by atoms with Crippen LogP contribution in [-0.2, 0) is 0 Å². The predicted octanol–water partition coefficient (Wildman–Crippen LogP) is 1.30. The van der Waals surface area contributed by atoms with Crippen molar-refractivity contribution in [1.29, 1.82) is 0 Å². The lowest BCUT2D eigenvalue weighted by atomic mass is 10.1. The Balaban J connectivity index is 0.00000220. The molecule has 21 heavy (non-hydrogen) atoms. The van der Waals surface area contributed by atoms with E-state index < -0.39 is 5.54 Å². The van der Waals surface area contributed by atoms with E-state index in [1.165, 1.54) is 35.3 Å². The molecule has 0 saturated carbocycles. The molecular weight excluding hydrogens is 297 g/mol. The van der Waals surface area contributed by atoms with Crippen LogP contribution in [0.15, 0.2) is 30.5 Å². The molecule has 0 fully saturated rings. The minimum atomic E-state index is -0.517. The third-order valence-corrected chi connectivity index (χ3v) is 2.74. The Morgan fingerprint density at radius 2 is 2.00 bits per heavy atom. The quantitative estimate of drug-likeness (QED) is 0.890. The predicted molar refractivity (Wildman–Crippen MR) is 79.2 cm³/mol. The zero-order chi connectivity index (χ0) is 14.8. The van der Waals surface area contributed by atoms with Crippen LogP contribution in [0, 0.1) is 5.82 Å². The molecule has 0 aliphatic rings. The van der Waals surface area contributed by atoms with Crippen LogP contribution >= 0.6 is 12.4 Å². The van der Waals surface area contributed by atoms with E-state index in [2.05, 4.69) is 15.5 Å². The second-order valence-electron chi connectivity index (χ2n) is 5.04. The maximum absolute atomic E-state index is 12.8. The van der Waals surface area contributed by atoms with Gasteiger partial charge in [-0.05, 0) is 38.1 Å². The van der Waals surface area contributed by atoms with Crippen LogP contribution in [0.25, 0.3) is 5.69 Å². The molecule has 3 N–H and O–H groups in total. The number of carbonyl (C=O) groups is 1. The Morgan fingerprint density at radius 3 is 2.57 bits per heavy atom. The lowest BCUT2D eigenvalue weighted by Crippen LogP contribution is -2.48. The Morgan fingerprint density at radius 1 is 1.38 bits per heavy atom. The first-order valence-electron chi connectivity index (χ1n) is 6.12. The minimum absolute atomic E-state index is 0. The Bertz CT molecular complexity index is 611. The molecule has 0 aliphatic heterocycles. The van der Waals surface area contributed by atoms with Crippen LogP contribution < -0.4 is 11.1 Å². The van der Waals surface area contributed by atoms with Gasteiger partial charge in [-0.15, -0.1) is 17.5 Å². The maximum atomic E-state index is 12.8. The summed E-state index contributed by atoms with van der Waals surface area (Å²) in [6.45, 7) is 3.94. The summed E-state index contributed by atoms with van der Waals surface area (Å²) >= 11 is 0. The highest BCUT2D eigenvalue weighted by Gasteiger charge is 2.21. The fourth-order valence-electron chi connectivity index (χ4n) is 1.49. The molecule has 0 saturated heterocycles. The molecule has 1 amide bonds. The number of benzene rings is 1. The summed E-state index contributed by atoms with van der Waals surface area (Å²) in [6, 6.07) is 5.66. The topological polar surface area (TPSA) is 85.8 Å². The van der Waals surface area contributed by atoms with E-state index in [0.29, 0.717) is 12.2 Å². The third kappa shape index (κ3) is 4.24. The molecule has 0 aliphatic carbocycles. The van der Waals surface area contributed by atoms with Crippen LogP contribution in [0.4, 0.5) is 4.39 Å². The van der Waals surface area contributed by atoms with Gasteiger partial charge >= 0.3 is 0 Å². The highest BCUT2D eigenvalue weighted by Crippen LogP contribution is 2.07. The van der Waals surface area contributed by atoms with Crippen LogP contribution in [0.3, 0.4) is 0 Å². The van der Waals surface area contributed by atoms with Gasteiger partial charge in [0, 0.05) is 12.1 Å². The van der Waals surface area contributed by atoms with Crippen molar-refractivity contribution in [1.82, 2.24) is 20.3 Å². The van der Waals surface area contributed by atoms with Crippen LogP contribution in [-0.4, -0.2) is 33.0 Å². The number of hydrogen-bond acceptors (Lipinski definition) is 4. The van der Waals surface area contributed by atoms with E-state index in [-0.39, 0.29) is 29.8 Å². The van der Waals surface area contributed by atoms with Gasteiger partial charge in [0.05, 0.1) is 11.9 Å². The molecule has 1 aromatic heterocycles. The zero-order valence-electron chi connectivity index (χ0n) is 11.7. The van der Waals surface area contributed by atoms with Crippen LogP contribution in [0.5, 0.6) is 0 Å². The molecule has 8 heteroatoms. The second-order valence-corrected chi connectivity index (χ2v) is 5.04. The number of rotatable bonds is 4. The summed E-state index contributed by atoms with van der Waals surface area (Å²) in [6.07, 6.45) is 1.35. The molecule has 2 rings (SSSR count). The van der Waals surface area contributed by atoms with E-state index in [0.717, 1.165) is 0 Å². The molecule has 0 radical (unpaired) electrons. The summed E-state index contributed by atoms with van der Waals surface area (Å²) in [5, 5.41) is 10.8. The summed E-state index contributed by atoms with van der Waals surface area (Å²) in [5.74, 6) is -0.697. The zero-order valence-corrected chi connectivity index (χ0v) is 12.5. The second kappa shape index (κ2) is 6.64. The minimum Gasteiger partial charge on any atom is -0.344 e. The Labute approximate surface area is 127 Å². The monoisotopic (exact) mass is 313 g/mol. The number of carbonyl (C=O) groups excluding carboxylic acids is 1. The van der Waals surface area contributed by atoms with Gasteiger partial charge in [0.2, 0.25) is 0 Å². The van der Waals surface area contributed by atoms with Gasteiger partial charge in [-0.25, -0.2) is 4.39 Å². The Hall–Kier alpha value is -1.99. The lowest BCUT2D eigenvalue weighted by Gasteiger charge is -2.23. The molecular formula is C13H17ClFN5O. The largest absolute Gasteiger partial charge is 0.344 e. The van der Waals surface area contributed by atoms with E-state index in [9.17, 15) is 9.18 Å². The molecule has 1 heterocycles. The molecule has 0 bridgehead atoms. The number of aromatic nitrogens is 3. The molecule has 1 aromatic carbocycles. The van der Waals surface area contributed by atoms with Crippen molar-refractivity contribution in [3.05, 3.63) is 42.0 Å². The standard InChI is InChI=1S/C13H16FN5O.ClH/c1-13(2,8-15)17-12(20)11-7-16-19(18-11)10-5-3-9(14)4-6-10;/h3-7H,8,15H2,1-2H3,(H,17,20);1H. The molecule has 6 nitrogen and oxygen atoms in total. The average Bonchev–Trinajstić information content (AvgIpc) is 2.89. The van der Waals surface area contributed by atoms with Gasteiger partial charge in [0.1, 0.15) is 5.82 Å². The summed E-state index contributed by atoms with van der Waals surface area (Å²) in [7, 11) is 0. The summed E-state index contributed by atoms with van der Waals surface area (Å²) in [4.78, 5) is 13.2. The normalized spacial score (nSPS) is 10.9. The van der Waals surface area contributed by atoms with Crippen molar-refractivity contribution in [2.75, 3.05) is 6.54 Å². The number of hydrogen-bond donors (Lipinski definition) is 2. The first kappa shape index (κ1) is 17.1. The fraction of sp³-hybridized carbons (Fsp3) is 0.308. The van der Waals surface area contributed by atoms with Crippen LogP contribution in [0.1, 0.15) is 24.3 Å². The molecule has 114 valence electrons. The average molecular weight is 314 g/mol. The number of halogens is 2. The van der Waals surface area contributed by atoms with Gasteiger partial charge in [0.25, 0.3) is 5.91 Å². The third-order valence-electron chi connectivity index (χ3n) is 2.74. The van der Waals surface area contributed by atoms with Crippen molar-refractivity contribution < 1.29 is 9.18 Å². The summed E-state index contributed by atoms with van der Waals surface area (Å²) in [5.41, 5.74) is 5.78. The van der Waals surface area contributed by atoms with Crippen molar-refractivity contribution >= 4 is 18.3 Å². The van der Waals surface area contributed by atoms with Crippen molar-refractivity contribution in [3.63, 3.8) is 0 Å². The molecule has 0 atom stereocenters. The van der Waals surface area contributed by atoms with Crippen molar-refractivity contribution in [2.45, 2.75) is 19.4 Å². The first-order chi connectivity index (χ1) is 9.41. The van der Waals surface area contributed by atoms with E-state index in [1.54, 1.807) is 0 Å². The van der Waals surface area contributed by atoms with E-state index in [4.69, 9.17) is 5.73 Å². The van der Waals surface area contributed by atoms with Gasteiger partial charge in [-0.1, -0.05) is 0 Å². The van der Waals surface area contributed by atoms with Crippen molar-refractivity contribution in [3.8, 4) is 5.69 Å². The van der Waals surface area contributed by atoms with Gasteiger partial charge < -0.3 is 11.1 Å². The first-order valence-corrected chi connectivity index (χ1v) is 6.12. The number of nitrogens with one attached hydrogen (secondary N) is 1. The maximum Gasteiger partial charge on any atom is 0.273 e. The Kier molecular flexibility index (Phi) is 5.40. The number of nitrogens with two attached hydrogens (primary N) is 1. The molecule has 2 aromatic rings. The van der Waals surface area contributed by atoms with Crippen LogP contribution in [0.2, 0.25) is 0 Å². The van der Waals surface area contributed by atoms with Gasteiger partial charge in [-0.2, -0.15) is 9.90 Å². The SMILES string of the molecule is CC(C)(CN)NC(=O)c1cnn(-c2ccc(F)cc2)n1.Cl. The highest BCUT2D eigenvalue weighted by molar-refractivity contribution is 5.92. The lowest BCUT2D eigenvalue weighted by molar-refractivity contribution is 0.0910.